The van der Waals surface area contributed by atoms with Gasteiger partial charge in [-0.3, -0.25) is 4.90 Å². The number of ether oxygens (including phenoxy) is 1. The van der Waals surface area contributed by atoms with Gasteiger partial charge in [-0.2, -0.15) is 0 Å². The van der Waals surface area contributed by atoms with Crippen LogP contribution in [0.1, 0.15) is 26.2 Å². The summed E-state index contributed by atoms with van der Waals surface area (Å²) in [5.41, 5.74) is 1.12. The highest BCUT2D eigenvalue weighted by atomic mass is 35.5. The highest BCUT2D eigenvalue weighted by molar-refractivity contribution is 6.30. The molecule has 2 atom stereocenters. The van der Waals surface area contributed by atoms with Crippen molar-refractivity contribution in [1.29, 1.82) is 0 Å². The molecule has 2 saturated heterocycles. The molecular weight excluding hydrogens is 274 g/mol. The maximum Gasteiger partial charge on any atom is 0.171 e. The Morgan fingerprint density at radius 1 is 1.35 bits per heavy atom. The fourth-order valence-corrected chi connectivity index (χ4v) is 3.55. The molecule has 0 aromatic carbocycles. The van der Waals surface area contributed by atoms with Crippen LogP contribution in [0.4, 0.5) is 5.69 Å². The topological polar surface area (TPSA) is 28.6 Å². The number of fused-ring (bicyclic) bond motifs is 2. The van der Waals surface area contributed by atoms with E-state index in [-0.39, 0.29) is 0 Å². The van der Waals surface area contributed by atoms with Crippen LogP contribution < -0.4 is 9.64 Å². The maximum atomic E-state index is 6.07. The largest absolute Gasteiger partial charge is 0.491 e. The number of aromatic nitrogens is 1. The Bertz CT molecular complexity index is 482. The minimum atomic E-state index is 0.448. The van der Waals surface area contributed by atoms with Crippen LogP contribution >= 0.6 is 11.6 Å². The van der Waals surface area contributed by atoms with Crippen molar-refractivity contribution in [3.63, 3.8) is 0 Å². The number of likely N-dealkylation sites (N-methyl/N-ethyl adjacent to an activating group) is 1. The molecule has 2 aliphatic rings. The predicted octanol–water partition coefficient (Wildman–Crippen LogP) is 2.81. The van der Waals surface area contributed by atoms with E-state index in [0.717, 1.165) is 24.8 Å². The number of rotatable bonds is 3. The zero-order chi connectivity index (χ0) is 14.1. The standard InChI is InChI=1S/C15H22ClN3O/c1-3-20-14-8-13(9-17-15(14)16)19-7-6-11-4-5-12(10-19)18(11)2/h8-9,11-12H,3-7,10H2,1-2H3. The summed E-state index contributed by atoms with van der Waals surface area (Å²) >= 11 is 6.07. The molecule has 0 saturated carbocycles. The number of anilines is 1. The maximum absolute atomic E-state index is 6.07. The fraction of sp³-hybridized carbons (Fsp3) is 0.667. The molecule has 0 aliphatic carbocycles. The highest BCUT2D eigenvalue weighted by Gasteiger charge is 2.34. The Morgan fingerprint density at radius 3 is 2.95 bits per heavy atom. The summed E-state index contributed by atoms with van der Waals surface area (Å²) in [5, 5.41) is 0.448. The van der Waals surface area contributed by atoms with Crippen molar-refractivity contribution >= 4 is 17.3 Å². The van der Waals surface area contributed by atoms with Gasteiger partial charge in [0.25, 0.3) is 0 Å². The van der Waals surface area contributed by atoms with Crippen LogP contribution in [0.25, 0.3) is 0 Å². The van der Waals surface area contributed by atoms with E-state index in [1.165, 1.54) is 19.3 Å². The van der Waals surface area contributed by atoms with Gasteiger partial charge in [0, 0.05) is 31.2 Å². The lowest BCUT2D eigenvalue weighted by Gasteiger charge is -2.27. The molecule has 0 amide bonds. The van der Waals surface area contributed by atoms with Crippen LogP contribution in [0.2, 0.25) is 5.15 Å². The predicted molar refractivity (Wildman–Crippen MR) is 81.8 cm³/mol. The molecule has 4 nitrogen and oxygen atoms in total. The Balaban J connectivity index is 1.80. The molecule has 110 valence electrons. The van der Waals surface area contributed by atoms with Gasteiger partial charge in [-0.25, -0.2) is 4.98 Å². The molecule has 5 heteroatoms. The smallest absolute Gasteiger partial charge is 0.171 e. The van der Waals surface area contributed by atoms with Gasteiger partial charge in [-0.15, -0.1) is 0 Å². The van der Waals surface area contributed by atoms with Crippen LogP contribution in [0.15, 0.2) is 12.3 Å². The SMILES string of the molecule is CCOc1cc(N2CCC3CCC(C2)N3C)cnc1Cl. The van der Waals surface area contributed by atoms with Gasteiger partial charge in [-0.1, -0.05) is 11.6 Å². The van der Waals surface area contributed by atoms with E-state index in [1.807, 2.05) is 19.2 Å². The van der Waals surface area contributed by atoms with Crippen LogP contribution in [0, 0.1) is 0 Å². The van der Waals surface area contributed by atoms with Crippen molar-refractivity contribution in [3.8, 4) is 5.75 Å². The minimum absolute atomic E-state index is 0.448. The zero-order valence-electron chi connectivity index (χ0n) is 12.2. The first-order chi connectivity index (χ1) is 9.69. The molecule has 20 heavy (non-hydrogen) atoms. The number of pyridine rings is 1. The lowest BCUT2D eigenvalue weighted by molar-refractivity contribution is 0.254. The third-order valence-corrected chi connectivity index (χ3v) is 4.89. The van der Waals surface area contributed by atoms with Crippen molar-refractivity contribution in [2.75, 3.05) is 31.6 Å². The van der Waals surface area contributed by atoms with Crippen molar-refractivity contribution in [3.05, 3.63) is 17.4 Å². The summed E-state index contributed by atoms with van der Waals surface area (Å²) in [7, 11) is 2.26. The van der Waals surface area contributed by atoms with E-state index >= 15 is 0 Å². The van der Waals surface area contributed by atoms with E-state index in [2.05, 4.69) is 21.8 Å². The number of nitrogens with zero attached hydrogens (tertiary/aromatic N) is 3. The summed E-state index contributed by atoms with van der Waals surface area (Å²) in [6.45, 7) is 4.73. The molecule has 2 fully saturated rings. The first-order valence-electron chi connectivity index (χ1n) is 7.44. The zero-order valence-corrected chi connectivity index (χ0v) is 12.9. The lowest BCUT2D eigenvalue weighted by atomic mass is 10.1. The third kappa shape index (κ3) is 2.59. The normalized spacial score (nSPS) is 26.6. The molecule has 0 N–H and O–H groups in total. The van der Waals surface area contributed by atoms with Crippen molar-refractivity contribution < 1.29 is 4.74 Å². The Labute approximate surface area is 125 Å². The second kappa shape index (κ2) is 5.78. The first kappa shape index (κ1) is 14.0. The summed E-state index contributed by atoms with van der Waals surface area (Å²) in [5.74, 6) is 0.689. The van der Waals surface area contributed by atoms with Crippen molar-refractivity contribution in [1.82, 2.24) is 9.88 Å². The first-order valence-corrected chi connectivity index (χ1v) is 7.82. The van der Waals surface area contributed by atoms with E-state index in [0.29, 0.717) is 23.6 Å². The van der Waals surface area contributed by atoms with Gasteiger partial charge < -0.3 is 9.64 Å². The molecule has 1 aromatic heterocycles. The molecule has 3 rings (SSSR count). The average Bonchev–Trinajstić information content (AvgIpc) is 2.67. The minimum Gasteiger partial charge on any atom is -0.491 e. The van der Waals surface area contributed by atoms with E-state index in [4.69, 9.17) is 16.3 Å². The second-order valence-corrected chi connectivity index (χ2v) is 6.06. The summed E-state index contributed by atoms with van der Waals surface area (Å²) in [4.78, 5) is 9.24. The van der Waals surface area contributed by atoms with E-state index in [1.54, 1.807) is 0 Å². The number of hydrogen-bond donors (Lipinski definition) is 0. The highest BCUT2D eigenvalue weighted by Crippen LogP contribution is 2.33. The van der Waals surface area contributed by atoms with E-state index < -0.39 is 0 Å². The monoisotopic (exact) mass is 295 g/mol. The Kier molecular flexibility index (Phi) is 4.03. The van der Waals surface area contributed by atoms with Crippen LogP contribution in [-0.4, -0.2) is 48.7 Å². The number of halogens is 1. The van der Waals surface area contributed by atoms with Gasteiger partial charge in [0.05, 0.1) is 18.5 Å². The summed E-state index contributed by atoms with van der Waals surface area (Å²) in [6.07, 6.45) is 5.73. The molecule has 2 unspecified atom stereocenters. The van der Waals surface area contributed by atoms with Crippen LogP contribution in [0.5, 0.6) is 5.75 Å². The second-order valence-electron chi connectivity index (χ2n) is 5.70. The van der Waals surface area contributed by atoms with Gasteiger partial charge >= 0.3 is 0 Å². The summed E-state index contributed by atoms with van der Waals surface area (Å²) in [6, 6.07) is 3.43. The van der Waals surface area contributed by atoms with Gasteiger partial charge in [0.15, 0.2) is 10.9 Å². The van der Waals surface area contributed by atoms with Crippen molar-refractivity contribution in [2.24, 2.45) is 0 Å². The number of hydrogen-bond acceptors (Lipinski definition) is 4. The van der Waals surface area contributed by atoms with E-state index in [9.17, 15) is 0 Å². The average molecular weight is 296 g/mol. The van der Waals surface area contributed by atoms with Gasteiger partial charge in [0.2, 0.25) is 0 Å². The molecular formula is C15H22ClN3O. The molecule has 1 aromatic rings. The van der Waals surface area contributed by atoms with Crippen LogP contribution in [0.3, 0.4) is 0 Å². The van der Waals surface area contributed by atoms with Gasteiger partial charge in [-0.05, 0) is 33.2 Å². The Morgan fingerprint density at radius 2 is 2.15 bits per heavy atom. The van der Waals surface area contributed by atoms with Crippen molar-refractivity contribution in [2.45, 2.75) is 38.3 Å². The lowest BCUT2D eigenvalue weighted by Crippen LogP contribution is -2.36. The fourth-order valence-electron chi connectivity index (χ4n) is 3.39. The van der Waals surface area contributed by atoms with Gasteiger partial charge in [0.1, 0.15) is 0 Å². The Hall–Kier alpha value is -1.00. The third-order valence-electron chi connectivity index (χ3n) is 4.61. The molecule has 0 spiro atoms. The molecule has 2 bridgehead atoms. The molecule has 3 heterocycles. The molecule has 0 radical (unpaired) electrons. The summed E-state index contributed by atoms with van der Waals surface area (Å²) < 4.78 is 5.55. The van der Waals surface area contributed by atoms with Crippen LogP contribution in [-0.2, 0) is 0 Å². The molecule has 2 aliphatic heterocycles. The quantitative estimate of drug-likeness (QED) is 0.802.